The van der Waals surface area contributed by atoms with Gasteiger partial charge in [-0.2, -0.15) is 0 Å². The number of hydrogen-bond donors (Lipinski definition) is 1. The molecule has 0 spiro atoms. The van der Waals surface area contributed by atoms with E-state index in [4.69, 9.17) is 0 Å². The van der Waals surface area contributed by atoms with E-state index in [9.17, 15) is 0 Å². The number of aromatic nitrogens is 2. The second-order valence-electron chi connectivity index (χ2n) is 3.90. The molecule has 0 radical (unpaired) electrons. The van der Waals surface area contributed by atoms with Crippen molar-refractivity contribution in [1.82, 2.24) is 9.55 Å². The van der Waals surface area contributed by atoms with Gasteiger partial charge in [-0.25, -0.2) is 4.98 Å². The largest absolute Gasteiger partial charge is 0.366 e. The van der Waals surface area contributed by atoms with Gasteiger partial charge in [0.05, 0.1) is 0 Å². The summed E-state index contributed by atoms with van der Waals surface area (Å²) in [4.78, 5) is 4.35. The first-order valence-electron chi connectivity index (χ1n) is 5.58. The highest BCUT2D eigenvalue weighted by atomic mass is 15.0. The van der Waals surface area contributed by atoms with Crippen LogP contribution in [0.3, 0.4) is 0 Å². The Morgan fingerprint density at radius 3 is 2.94 bits per heavy atom. The maximum Gasteiger partial charge on any atom is 0.129 e. The lowest BCUT2D eigenvalue weighted by Gasteiger charge is -2.08. The Morgan fingerprint density at radius 1 is 1.38 bits per heavy atom. The monoisotopic (exact) mass is 215 g/mol. The van der Waals surface area contributed by atoms with E-state index in [0.717, 1.165) is 18.8 Å². The predicted molar refractivity (Wildman–Crippen MR) is 66.4 cm³/mol. The van der Waals surface area contributed by atoms with Gasteiger partial charge in [0.1, 0.15) is 5.82 Å². The highest BCUT2D eigenvalue weighted by Gasteiger charge is 2.01. The van der Waals surface area contributed by atoms with Crippen LogP contribution in [0.5, 0.6) is 0 Å². The standard InChI is InChI=1S/C13H17N3/c1-3-12-5-4-7-14-13(12)15-9-11-6-8-16(2)10-11/h4-8,10H,3,9H2,1-2H3,(H,14,15). The van der Waals surface area contributed by atoms with E-state index >= 15 is 0 Å². The van der Waals surface area contributed by atoms with Crippen molar-refractivity contribution in [3.05, 3.63) is 47.9 Å². The molecular formula is C13H17N3. The van der Waals surface area contributed by atoms with Crippen LogP contribution in [0, 0.1) is 0 Å². The normalized spacial score (nSPS) is 10.4. The summed E-state index contributed by atoms with van der Waals surface area (Å²) in [7, 11) is 2.03. The van der Waals surface area contributed by atoms with Crippen molar-refractivity contribution in [2.24, 2.45) is 7.05 Å². The number of nitrogens with zero attached hydrogens (tertiary/aromatic N) is 2. The van der Waals surface area contributed by atoms with E-state index in [1.165, 1.54) is 11.1 Å². The van der Waals surface area contributed by atoms with Gasteiger partial charge in [0.2, 0.25) is 0 Å². The van der Waals surface area contributed by atoms with Crippen LogP contribution in [-0.2, 0) is 20.0 Å². The predicted octanol–water partition coefficient (Wildman–Crippen LogP) is 2.59. The highest BCUT2D eigenvalue weighted by molar-refractivity contribution is 5.44. The lowest BCUT2D eigenvalue weighted by molar-refractivity contribution is 0.919. The fourth-order valence-corrected chi connectivity index (χ4v) is 1.73. The minimum atomic E-state index is 0.824. The number of aryl methyl sites for hydroxylation is 2. The molecule has 3 nitrogen and oxygen atoms in total. The average molecular weight is 215 g/mol. The van der Waals surface area contributed by atoms with Gasteiger partial charge < -0.3 is 9.88 Å². The van der Waals surface area contributed by atoms with Crippen molar-refractivity contribution in [3.63, 3.8) is 0 Å². The van der Waals surface area contributed by atoms with Crippen molar-refractivity contribution >= 4 is 5.82 Å². The summed E-state index contributed by atoms with van der Waals surface area (Å²) in [5.74, 6) is 0.994. The molecule has 0 amide bonds. The third-order valence-electron chi connectivity index (χ3n) is 2.63. The van der Waals surface area contributed by atoms with Crippen LogP contribution in [0.2, 0.25) is 0 Å². The maximum atomic E-state index is 4.35. The minimum absolute atomic E-state index is 0.824. The molecule has 0 fully saturated rings. The van der Waals surface area contributed by atoms with Gasteiger partial charge in [-0.3, -0.25) is 0 Å². The summed E-state index contributed by atoms with van der Waals surface area (Å²) in [6.07, 6.45) is 7.00. The summed E-state index contributed by atoms with van der Waals surface area (Å²) in [5, 5.41) is 3.37. The van der Waals surface area contributed by atoms with Crippen molar-refractivity contribution in [3.8, 4) is 0 Å². The minimum Gasteiger partial charge on any atom is -0.366 e. The number of rotatable bonds is 4. The zero-order chi connectivity index (χ0) is 11.4. The smallest absolute Gasteiger partial charge is 0.129 e. The summed E-state index contributed by atoms with van der Waals surface area (Å²) >= 11 is 0. The van der Waals surface area contributed by atoms with Crippen LogP contribution in [-0.4, -0.2) is 9.55 Å². The Morgan fingerprint density at radius 2 is 2.25 bits per heavy atom. The molecule has 0 aliphatic carbocycles. The van der Waals surface area contributed by atoms with Crippen LogP contribution in [0.15, 0.2) is 36.8 Å². The number of pyridine rings is 1. The van der Waals surface area contributed by atoms with Gasteiger partial charge in [0, 0.05) is 32.2 Å². The molecule has 2 heterocycles. The van der Waals surface area contributed by atoms with Gasteiger partial charge in [-0.15, -0.1) is 0 Å². The van der Waals surface area contributed by atoms with Crippen molar-refractivity contribution < 1.29 is 0 Å². The number of nitrogens with one attached hydrogen (secondary N) is 1. The average Bonchev–Trinajstić information content (AvgIpc) is 2.73. The van der Waals surface area contributed by atoms with Crippen LogP contribution in [0.4, 0.5) is 5.82 Å². The van der Waals surface area contributed by atoms with Gasteiger partial charge in [0.25, 0.3) is 0 Å². The van der Waals surface area contributed by atoms with Crippen LogP contribution < -0.4 is 5.32 Å². The lowest BCUT2D eigenvalue weighted by Crippen LogP contribution is -2.03. The molecule has 84 valence electrons. The van der Waals surface area contributed by atoms with E-state index in [1.807, 2.05) is 19.3 Å². The quantitative estimate of drug-likeness (QED) is 0.849. The van der Waals surface area contributed by atoms with Gasteiger partial charge in [-0.05, 0) is 29.7 Å². The Hall–Kier alpha value is -1.77. The molecule has 0 aliphatic rings. The molecule has 1 N–H and O–H groups in total. The van der Waals surface area contributed by atoms with Gasteiger partial charge >= 0.3 is 0 Å². The summed E-state index contributed by atoms with van der Waals surface area (Å²) in [5.41, 5.74) is 2.54. The zero-order valence-corrected chi connectivity index (χ0v) is 9.77. The zero-order valence-electron chi connectivity index (χ0n) is 9.77. The highest BCUT2D eigenvalue weighted by Crippen LogP contribution is 2.13. The Balaban J connectivity index is 2.04. The molecule has 0 aromatic carbocycles. The van der Waals surface area contributed by atoms with E-state index in [-0.39, 0.29) is 0 Å². The Labute approximate surface area is 96.1 Å². The molecule has 3 heteroatoms. The fourth-order valence-electron chi connectivity index (χ4n) is 1.73. The summed E-state index contributed by atoms with van der Waals surface area (Å²) in [6.45, 7) is 2.97. The first-order chi connectivity index (χ1) is 7.79. The molecular weight excluding hydrogens is 198 g/mol. The molecule has 0 saturated heterocycles. The molecule has 0 saturated carbocycles. The molecule has 16 heavy (non-hydrogen) atoms. The van der Waals surface area contributed by atoms with Crippen LogP contribution >= 0.6 is 0 Å². The molecule has 2 aromatic heterocycles. The third kappa shape index (κ3) is 2.42. The van der Waals surface area contributed by atoms with Crippen molar-refractivity contribution in [2.45, 2.75) is 19.9 Å². The molecule has 0 aliphatic heterocycles. The fraction of sp³-hybridized carbons (Fsp3) is 0.308. The van der Waals surface area contributed by atoms with Gasteiger partial charge in [0.15, 0.2) is 0 Å². The van der Waals surface area contributed by atoms with Crippen LogP contribution in [0.1, 0.15) is 18.1 Å². The SMILES string of the molecule is CCc1cccnc1NCc1ccn(C)c1. The van der Waals surface area contributed by atoms with E-state index in [2.05, 4.69) is 46.3 Å². The molecule has 2 aromatic rings. The first-order valence-corrected chi connectivity index (χ1v) is 5.58. The lowest BCUT2D eigenvalue weighted by atomic mass is 10.2. The van der Waals surface area contributed by atoms with Gasteiger partial charge in [-0.1, -0.05) is 13.0 Å². The van der Waals surface area contributed by atoms with Crippen molar-refractivity contribution in [2.75, 3.05) is 5.32 Å². The van der Waals surface area contributed by atoms with Crippen molar-refractivity contribution in [1.29, 1.82) is 0 Å². The van der Waals surface area contributed by atoms with Crippen LogP contribution in [0.25, 0.3) is 0 Å². The molecule has 2 rings (SSSR count). The Bertz CT molecular complexity index is 460. The van der Waals surface area contributed by atoms with E-state index in [1.54, 1.807) is 0 Å². The topological polar surface area (TPSA) is 29.9 Å². The summed E-state index contributed by atoms with van der Waals surface area (Å²) < 4.78 is 2.05. The summed E-state index contributed by atoms with van der Waals surface area (Å²) in [6, 6.07) is 6.20. The Kier molecular flexibility index (Phi) is 3.25. The third-order valence-corrected chi connectivity index (χ3v) is 2.63. The van der Waals surface area contributed by atoms with E-state index in [0.29, 0.717) is 0 Å². The number of anilines is 1. The first kappa shape index (κ1) is 10.7. The molecule has 0 bridgehead atoms. The maximum absolute atomic E-state index is 4.35. The second-order valence-corrected chi connectivity index (χ2v) is 3.90. The van der Waals surface area contributed by atoms with E-state index < -0.39 is 0 Å². The number of hydrogen-bond acceptors (Lipinski definition) is 2. The second kappa shape index (κ2) is 4.84. The molecule has 0 atom stereocenters. The molecule has 0 unspecified atom stereocenters.